The molecule has 0 aromatic carbocycles. The van der Waals surface area contributed by atoms with Gasteiger partial charge in [-0.05, 0) is 24.6 Å². The van der Waals surface area contributed by atoms with E-state index in [9.17, 15) is 13.6 Å². The Balaban J connectivity index is 1.37. The standard InChI is InChI=1S/C22H22F2N10O2/c1-32-9-7-13(21(32)35)16-11-34(31-29-16)19-5-3-4-14(26-19)15-6-8-25-22(27-15)28-17-10-33(12-18(23)24)30-20(17)36-2/h3-6,8,10-11,13,18H,7,9,12H2,1-2H3,(H,25,27,28)/t13-/m0/s1. The van der Waals surface area contributed by atoms with Crippen LogP contribution in [0.25, 0.3) is 17.2 Å². The SMILES string of the molecule is COc1nn(CC(F)F)cc1Nc1nccc(-c2cccc(-n3cc([C@@H]4CCN(C)C4=O)nn3)n2)n1. The molecule has 1 saturated heterocycles. The first kappa shape index (κ1) is 23.3. The molecule has 186 valence electrons. The Bertz CT molecular complexity index is 1390. The monoisotopic (exact) mass is 496 g/mol. The molecule has 1 fully saturated rings. The van der Waals surface area contributed by atoms with Crippen molar-refractivity contribution in [2.75, 3.05) is 26.0 Å². The van der Waals surface area contributed by atoms with Gasteiger partial charge in [0.05, 0.1) is 42.5 Å². The van der Waals surface area contributed by atoms with Crippen LogP contribution in [-0.2, 0) is 11.3 Å². The fourth-order valence-electron chi connectivity index (χ4n) is 3.90. The lowest BCUT2D eigenvalue weighted by Crippen LogP contribution is -2.21. The molecular weight excluding hydrogens is 474 g/mol. The Kier molecular flexibility index (Phi) is 6.23. The highest BCUT2D eigenvalue weighted by atomic mass is 19.3. The number of likely N-dealkylation sites (N-methyl/N-ethyl adjacent to an activating group) is 1. The van der Waals surface area contributed by atoms with Crippen LogP contribution < -0.4 is 10.1 Å². The van der Waals surface area contributed by atoms with E-state index in [2.05, 4.69) is 35.7 Å². The van der Waals surface area contributed by atoms with Gasteiger partial charge in [-0.25, -0.2) is 28.4 Å². The number of anilines is 2. The molecule has 0 spiro atoms. The van der Waals surface area contributed by atoms with E-state index in [1.165, 1.54) is 18.0 Å². The third kappa shape index (κ3) is 4.69. The second-order valence-corrected chi connectivity index (χ2v) is 8.13. The molecule has 1 N–H and O–H groups in total. The molecule has 0 unspecified atom stereocenters. The van der Waals surface area contributed by atoms with Gasteiger partial charge in [-0.3, -0.25) is 9.48 Å². The molecule has 1 aliphatic rings. The van der Waals surface area contributed by atoms with Crippen molar-refractivity contribution in [2.45, 2.75) is 25.3 Å². The summed E-state index contributed by atoms with van der Waals surface area (Å²) in [6.45, 7) is 0.123. The zero-order valence-corrected chi connectivity index (χ0v) is 19.4. The van der Waals surface area contributed by atoms with E-state index in [0.29, 0.717) is 41.6 Å². The van der Waals surface area contributed by atoms with E-state index >= 15 is 0 Å². The average molecular weight is 496 g/mol. The van der Waals surface area contributed by atoms with Crippen molar-refractivity contribution in [3.63, 3.8) is 0 Å². The Morgan fingerprint density at radius 2 is 2.03 bits per heavy atom. The van der Waals surface area contributed by atoms with Crippen LogP contribution in [-0.4, -0.2) is 77.7 Å². The van der Waals surface area contributed by atoms with Crippen LogP contribution in [0.3, 0.4) is 0 Å². The molecule has 1 atom stereocenters. The van der Waals surface area contributed by atoms with E-state index in [1.807, 2.05) is 0 Å². The maximum atomic E-state index is 12.7. The van der Waals surface area contributed by atoms with Crippen LogP contribution in [0, 0.1) is 0 Å². The molecule has 5 rings (SSSR count). The molecule has 5 heterocycles. The number of aromatic nitrogens is 8. The van der Waals surface area contributed by atoms with Crippen molar-refractivity contribution >= 4 is 17.5 Å². The van der Waals surface area contributed by atoms with Gasteiger partial charge in [0.1, 0.15) is 12.2 Å². The number of hydrogen-bond donors (Lipinski definition) is 1. The van der Waals surface area contributed by atoms with E-state index < -0.39 is 13.0 Å². The van der Waals surface area contributed by atoms with Crippen molar-refractivity contribution in [1.82, 2.24) is 44.6 Å². The molecule has 1 amide bonds. The summed E-state index contributed by atoms with van der Waals surface area (Å²) in [7, 11) is 3.16. The Labute approximate surface area is 203 Å². The summed E-state index contributed by atoms with van der Waals surface area (Å²) in [5.74, 6) is 0.582. The van der Waals surface area contributed by atoms with E-state index in [4.69, 9.17) is 4.74 Å². The number of alkyl halides is 2. The first-order chi connectivity index (χ1) is 17.4. The molecule has 0 bridgehead atoms. The number of nitrogens with zero attached hydrogens (tertiary/aromatic N) is 9. The number of hydrogen-bond acceptors (Lipinski definition) is 9. The quantitative estimate of drug-likeness (QED) is 0.391. The minimum Gasteiger partial charge on any atom is -0.478 e. The second kappa shape index (κ2) is 9.64. The maximum absolute atomic E-state index is 12.7. The number of ether oxygens (including phenoxy) is 1. The van der Waals surface area contributed by atoms with E-state index in [1.54, 1.807) is 48.6 Å². The number of rotatable bonds is 8. The molecule has 4 aromatic heterocycles. The van der Waals surface area contributed by atoms with Gasteiger partial charge in [0.25, 0.3) is 12.3 Å². The number of amides is 1. The number of likely N-dealkylation sites (tertiary alicyclic amines) is 1. The van der Waals surface area contributed by atoms with Gasteiger partial charge in [0.15, 0.2) is 5.82 Å². The van der Waals surface area contributed by atoms with Crippen molar-refractivity contribution in [1.29, 1.82) is 0 Å². The lowest BCUT2D eigenvalue weighted by molar-refractivity contribution is -0.127. The van der Waals surface area contributed by atoms with Gasteiger partial charge < -0.3 is 15.0 Å². The first-order valence-electron chi connectivity index (χ1n) is 11.1. The topological polar surface area (TPSA) is 129 Å². The summed E-state index contributed by atoms with van der Waals surface area (Å²) < 4.78 is 33.2. The number of methoxy groups -OCH3 is 1. The van der Waals surface area contributed by atoms with Crippen LogP contribution >= 0.6 is 0 Å². The van der Waals surface area contributed by atoms with Crippen molar-refractivity contribution in [2.24, 2.45) is 0 Å². The number of halogens is 2. The van der Waals surface area contributed by atoms with Crippen LogP contribution in [0.1, 0.15) is 18.0 Å². The van der Waals surface area contributed by atoms with Crippen LogP contribution in [0.2, 0.25) is 0 Å². The third-order valence-electron chi connectivity index (χ3n) is 5.68. The Morgan fingerprint density at radius 3 is 2.78 bits per heavy atom. The van der Waals surface area contributed by atoms with Gasteiger partial charge in [0.2, 0.25) is 11.9 Å². The summed E-state index contributed by atoms with van der Waals surface area (Å²) in [6, 6.07) is 7.05. The number of carbonyl (C=O) groups is 1. The van der Waals surface area contributed by atoms with E-state index in [-0.39, 0.29) is 23.7 Å². The largest absolute Gasteiger partial charge is 0.478 e. The number of nitrogens with one attached hydrogen (secondary N) is 1. The molecule has 1 aliphatic heterocycles. The highest BCUT2D eigenvalue weighted by molar-refractivity contribution is 5.84. The highest BCUT2D eigenvalue weighted by Crippen LogP contribution is 2.27. The second-order valence-electron chi connectivity index (χ2n) is 8.13. The summed E-state index contributed by atoms with van der Waals surface area (Å²) in [5, 5.41) is 15.3. The average Bonchev–Trinajstić information content (AvgIpc) is 3.58. The zero-order valence-electron chi connectivity index (χ0n) is 19.4. The molecule has 12 nitrogen and oxygen atoms in total. The first-order valence-corrected chi connectivity index (χ1v) is 11.1. The van der Waals surface area contributed by atoms with Crippen molar-refractivity contribution in [3.8, 4) is 23.1 Å². The van der Waals surface area contributed by atoms with Gasteiger partial charge in [-0.1, -0.05) is 11.3 Å². The molecule has 36 heavy (non-hydrogen) atoms. The van der Waals surface area contributed by atoms with Crippen LogP contribution in [0.4, 0.5) is 20.4 Å². The molecule has 0 radical (unpaired) electrons. The van der Waals surface area contributed by atoms with E-state index in [0.717, 1.165) is 4.68 Å². The van der Waals surface area contributed by atoms with Gasteiger partial charge in [-0.2, -0.15) is 0 Å². The van der Waals surface area contributed by atoms with Crippen molar-refractivity contribution < 1.29 is 18.3 Å². The van der Waals surface area contributed by atoms with Gasteiger partial charge in [-0.15, -0.1) is 10.2 Å². The third-order valence-corrected chi connectivity index (χ3v) is 5.68. The lowest BCUT2D eigenvalue weighted by Gasteiger charge is -2.07. The fraction of sp³-hybridized carbons (Fsp3) is 0.318. The van der Waals surface area contributed by atoms with Crippen LogP contribution in [0.5, 0.6) is 5.88 Å². The Hall–Kier alpha value is -4.49. The Morgan fingerprint density at radius 1 is 1.19 bits per heavy atom. The lowest BCUT2D eigenvalue weighted by atomic mass is 10.1. The normalized spacial score (nSPS) is 15.6. The molecule has 0 aliphatic carbocycles. The predicted molar refractivity (Wildman–Crippen MR) is 123 cm³/mol. The minimum absolute atomic E-state index is 0.0288. The maximum Gasteiger partial charge on any atom is 0.257 e. The summed E-state index contributed by atoms with van der Waals surface area (Å²) in [5.41, 5.74) is 2.01. The van der Waals surface area contributed by atoms with Crippen LogP contribution in [0.15, 0.2) is 42.9 Å². The number of carbonyl (C=O) groups excluding carboxylic acids is 1. The number of pyridine rings is 1. The highest BCUT2D eigenvalue weighted by Gasteiger charge is 2.32. The molecule has 0 saturated carbocycles. The van der Waals surface area contributed by atoms with Gasteiger partial charge in [0, 0.05) is 19.8 Å². The summed E-state index contributed by atoms with van der Waals surface area (Å²) in [6.07, 6.45) is 2.80. The van der Waals surface area contributed by atoms with Gasteiger partial charge >= 0.3 is 0 Å². The predicted octanol–water partition coefficient (Wildman–Crippen LogP) is 2.28. The summed E-state index contributed by atoms with van der Waals surface area (Å²) in [4.78, 5) is 27.3. The molecular formula is C22H22F2N10O2. The fourth-order valence-corrected chi connectivity index (χ4v) is 3.90. The summed E-state index contributed by atoms with van der Waals surface area (Å²) >= 11 is 0. The molecule has 14 heteroatoms. The zero-order chi connectivity index (χ0) is 25.2. The molecule has 4 aromatic rings. The smallest absolute Gasteiger partial charge is 0.257 e. The minimum atomic E-state index is -2.55. The van der Waals surface area contributed by atoms with Crippen molar-refractivity contribution in [3.05, 3.63) is 48.5 Å².